The standard InChI is InChI=1S/C24H28FN5O4/c1-12(2)34-23-20(29-11-10-28-15-6-4-5-9-27-15)18(25)19(26)17-21(23)30(14-7-8-14)13(3)16(22(17)31)24(32)33/h4-6,9,12,14,29H,7-8,10-11,26H2,1-3H3,(H,27,28)(H,32,33). The van der Waals surface area contributed by atoms with Crippen LogP contribution in [0.3, 0.4) is 0 Å². The molecule has 1 aromatic carbocycles. The van der Waals surface area contributed by atoms with Crippen LogP contribution in [0.1, 0.15) is 48.8 Å². The van der Waals surface area contributed by atoms with Crippen molar-refractivity contribution in [3.8, 4) is 5.75 Å². The van der Waals surface area contributed by atoms with Crippen molar-refractivity contribution in [2.24, 2.45) is 0 Å². The van der Waals surface area contributed by atoms with Crippen molar-refractivity contribution in [2.75, 3.05) is 29.5 Å². The van der Waals surface area contributed by atoms with Gasteiger partial charge in [-0.1, -0.05) is 6.07 Å². The fourth-order valence-electron chi connectivity index (χ4n) is 4.14. The SMILES string of the molecule is Cc1c(C(=O)O)c(=O)c2c(N)c(F)c(NCCNc3ccccn3)c(OC(C)C)c2n1C1CC1. The molecule has 34 heavy (non-hydrogen) atoms. The van der Waals surface area contributed by atoms with Gasteiger partial charge in [0, 0.05) is 31.0 Å². The molecule has 2 heterocycles. The number of carboxylic acids is 1. The summed E-state index contributed by atoms with van der Waals surface area (Å²) in [6.07, 6.45) is 2.96. The highest BCUT2D eigenvalue weighted by atomic mass is 19.1. The Bertz CT molecular complexity index is 1300. The molecule has 10 heteroatoms. The van der Waals surface area contributed by atoms with Crippen LogP contribution in [0.4, 0.5) is 21.6 Å². The lowest BCUT2D eigenvalue weighted by Crippen LogP contribution is -2.25. The first-order valence-electron chi connectivity index (χ1n) is 11.2. The number of nitrogen functional groups attached to an aromatic ring is 1. The minimum Gasteiger partial charge on any atom is -0.486 e. The lowest BCUT2D eigenvalue weighted by molar-refractivity contribution is 0.0694. The first-order valence-corrected chi connectivity index (χ1v) is 11.2. The third-order valence-electron chi connectivity index (χ3n) is 5.70. The monoisotopic (exact) mass is 469 g/mol. The molecule has 0 radical (unpaired) electrons. The predicted octanol–water partition coefficient (Wildman–Crippen LogP) is 3.77. The molecule has 2 aromatic heterocycles. The molecule has 4 rings (SSSR count). The zero-order chi connectivity index (χ0) is 24.6. The first kappa shape index (κ1) is 23.3. The number of carbonyl (C=O) groups is 1. The number of rotatable bonds is 9. The van der Waals surface area contributed by atoms with E-state index in [0.717, 1.165) is 12.8 Å². The number of aromatic carboxylic acids is 1. The highest BCUT2D eigenvalue weighted by Gasteiger charge is 2.34. The van der Waals surface area contributed by atoms with Crippen molar-refractivity contribution in [2.45, 2.75) is 45.8 Å². The summed E-state index contributed by atoms with van der Waals surface area (Å²) in [5.41, 5.74) is 5.17. The van der Waals surface area contributed by atoms with E-state index in [0.29, 0.717) is 30.1 Å². The van der Waals surface area contributed by atoms with Gasteiger partial charge >= 0.3 is 5.97 Å². The number of hydrogen-bond donors (Lipinski definition) is 4. The third kappa shape index (κ3) is 4.23. The average molecular weight is 470 g/mol. The van der Waals surface area contributed by atoms with Crippen LogP contribution in [0, 0.1) is 12.7 Å². The van der Waals surface area contributed by atoms with Crippen LogP contribution in [0.5, 0.6) is 5.75 Å². The number of nitrogens with two attached hydrogens (primary N) is 1. The minimum absolute atomic E-state index is 0.0146. The van der Waals surface area contributed by atoms with E-state index in [2.05, 4.69) is 15.6 Å². The summed E-state index contributed by atoms with van der Waals surface area (Å²) < 4.78 is 23.4. The number of aromatic nitrogens is 2. The fourth-order valence-corrected chi connectivity index (χ4v) is 4.14. The average Bonchev–Trinajstić information content (AvgIpc) is 3.61. The smallest absolute Gasteiger partial charge is 0.341 e. The van der Waals surface area contributed by atoms with Gasteiger partial charge in [0.2, 0.25) is 5.43 Å². The molecule has 9 nitrogen and oxygen atoms in total. The summed E-state index contributed by atoms with van der Waals surface area (Å²) in [7, 11) is 0. The van der Waals surface area contributed by atoms with Gasteiger partial charge in [0.15, 0.2) is 11.6 Å². The molecular weight excluding hydrogens is 441 g/mol. The van der Waals surface area contributed by atoms with Crippen molar-refractivity contribution in [3.63, 3.8) is 0 Å². The van der Waals surface area contributed by atoms with E-state index in [1.54, 1.807) is 31.5 Å². The quantitative estimate of drug-likeness (QED) is 0.275. The Morgan fingerprint density at radius 1 is 1.32 bits per heavy atom. The van der Waals surface area contributed by atoms with Crippen molar-refractivity contribution < 1.29 is 19.0 Å². The number of benzene rings is 1. The van der Waals surface area contributed by atoms with E-state index in [1.165, 1.54) is 0 Å². The van der Waals surface area contributed by atoms with E-state index in [-0.39, 0.29) is 29.0 Å². The van der Waals surface area contributed by atoms with Crippen LogP contribution in [0.15, 0.2) is 29.2 Å². The summed E-state index contributed by atoms with van der Waals surface area (Å²) >= 11 is 0. The first-order chi connectivity index (χ1) is 16.2. The Morgan fingerprint density at radius 2 is 2.03 bits per heavy atom. The summed E-state index contributed by atoms with van der Waals surface area (Å²) in [6, 6.07) is 5.47. The number of carboxylic acid groups (broad SMARTS) is 1. The van der Waals surface area contributed by atoms with Crippen molar-refractivity contribution in [3.05, 3.63) is 51.7 Å². The zero-order valence-corrected chi connectivity index (χ0v) is 19.3. The molecule has 1 aliphatic rings. The molecule has 5 N–H and O–H groups in total. The maximum Gasteiger partial charge on any atom is 0.341 e. The maximum atomic E-state index is 15.6. The summed E-state index contributed by atoms with van der Waals surface area (Å²) in [6.45, 7) is 5.93. The second-order valence-corrected chi connectivity index (χ2v) is 8.59. The van der Waals surface area contributed by atoms with Crippen molar-refractivity contribution in [1.29, 1.82) is 0 Å². The predicted molar refractivity (Wildman–Crippen MR) is 130 cm³/mol. The number of anilines is 3. The fraction of sp³-hybridized carbons (Fsp3) is 0.375. The molecule has 0 bridgehead atoms. The number of hydrogen-bond acceptors (Lipinski definition) is 7. The molecule has 180 valence electrons. The largest absolute Gasteiger partial charge is 0.486 e. The van der Waals surface area contributed by atoms with Crippen LogP contribution in [0.25, 0.3) is 10.9 Å². The van der Waals surface area contributed by atoms with Gasteiger partial charge in [-0.3, -0.25) is 4.79 Å². The van der Waals surface area contributed by atoms with Crippen LogP contribution >= 0.6 is 0 Å². The molecule has 0 unspecified atom stereocenters. The van der Waals surface area contributed by atoms with Gasteiger partial charge in [-0.15, -0.1) is 0 Å². The van der Waals surface area contributed by atoms with Crippen LogP contribution in [0.2, 0.25) is 0 Å². The molecule has 0 atom stereocenters. The number of nitrogens with one attached hydrogen (secondary N) is 2. The van der Waals surface area contributed by atoms with Crippen molar-refractivity contribution >= 4 is 34.1 Å². The maximum absolute atomic E-state index is 15.6. The Morgan fingerprint density at radius 3 is 2.62 bits per heavy atom. The lowest BCUT2D eigenvalue weighted by Gasteiger charge is -2.24. The van der Waals surface area contributed by atoms with Crippen LogP contribution < -0.4 is 26.5 Å². The third-order valence-corrected chi connectivity index (χ3v) is 5.70. The molecule has 3 aromatic rings. The minimum atomic E-state index is -1.37. The number of fused-ring (bicyclic) bond motifs is 1. The number of nitrogens with zero attached hydrogens (tertiary/aromatic N) is 2. The molecular formula is C24H28FN5O4. The Labute approximate surface area is 195 Å². The van der Waals surface area contributed by atoms with E-state index in [1.807, 2.05) is 18.2 Å². The van der Waals surface area contributed by atoms with Crippen LogP contribution in [-0.4, -0.2) is 39.8 Å². The van der Waals surface area contributed by atoms with Gasteiger partial charge in [0.1, 0.15) is 17.1 Å². The van der Waals surface area contributed by atoms with Gasteiger partial charge in [-0.25, -0.2) is 14.2 Å². The highest BCUT2D eigenvalue weighted by molar-refractivity contribution is 6.04. The summed E-state index contributed by atoms with van der Waals surface area (Å²) in [4.78, 5) is 29.3. The normalized spacial score (nSPS) is 13.3. The lowest BCUT2D eigenvalue weighted by atomic mass is 10.0. The van der Waals surface area contributed by atoms with Gasteiger partial charge < -0.3 is 30.8 Å². The van der Waals surface area contributed by atoms with E-state index >= 15 is 4.39 Å². The molecule has 0 saturated heterocycles. The van der Waals surface area contributed by atoms with Gasteiger partial charge in [-0.2, -0.15) is 0 Å². The number of ether oxygens (including phenoxy) is 1. The Kier molecular flexibility index (Phi) is 6.32. The van der Waals surface area contributed by atoms with E-state index in [9.17, 15) is 14.7 Å². The summed E-state index contributed by atoms with van der Waals surface area (Å²) in [5, 5.41) is 15.7. The molecule has 1 aliphatic carbocycles. The molecule has 1 fully saturated rings. The molecule has 0 aliphatic heterocycles. The van der Waals surface area contributed by atoms with Gasteiger partial charge in [-0.05, 0) is 45.7 Å². The second kappa shape index (κ2) is 9.20. The number of pyridine rings is 2. The number of halogens is 1. The topological polar surface area (TPSA) is 132 Å². The van der Waals surface area contributed by atoms with E-state index < -0.39 is 28.5 Å². The molecule has 1 saturated carbocycles. The van der Waals surface area contributed by atoms with Crippen molar-refractivity contribution in [1.82, 2.24) is 9.55 Å². The van der Waals surface area contributed by atoms with Crippen LogP contribution in [-0.2, 0) is 0 Å². The zero-order valence-electron chi connectivity index (χ0n) is 19.3. The molecule has 0 spiro atoms. The second-order valence-electron chi connectivity index (χ2n) is 8.59. The summed E-state index contributed by atoms with van der Waals surface area (Å²) in [5.74, 6) is -1.38. The Hall–Kier alpha value is -3.82. The highest BCUT2D eigenvalue weighted by Crippen LogP contribution is 2.46. The molecule has 0 amide bonds. The van der Waals surface area contributed by atoms with Gasteiger partial charge in [0.25, 0.3) is 0 Å². The van der Waals surface area contributed by atoms with E-state index in [4.69, 9.17) is 10.5 Å². The Balaban J connectivity index is 1.86. The van der Waals surface area contributed by atoms with Gasteiger partial charge in [0.05, 0.1) is 22.7 Å².